The van der Waals surface area contributed by atoms with Crippen LogP contribution in [0.4, 0.5) is 5.69 Å². The van der Waals surface area contributed by atoms with E-state index in [1.165, 1.54) is 23.9 Å². The van der Waals surface area contributed by atoms with Crippen LogP contribution in [0, 0.1) is 0 Å². The molecular formula is C20H26N2O5S2. The molecule has 7 nitrogen and oxygen atoms in total. The average Bonchev–Trinajstić information content (AvgIpc) is 2.72. The molecule has 0 aliphatic rings. The molecule has 158 valence electrons. The molecule has 0 saturated carbocycles. The predicted octanol–water partition coefficient (Wildman–Crippen LogP) is 3.51. The van der Waals surface area contributed by atoms with E-state index in [4.69, 9.17) is 9.47 Å². The number of carbonyl (C=O) groups is 1. The average molecular weight is 439 g/mol. The molecule has 0 aliphatic heterocycles. The molecule has 2 aromatic carbocycles. The minimum Gasteiger partial charge on any atom is -0.493 e. The van der Waals surface area contributed by atoms with Gasteiger partial charge in [0.25, 0.3) is 0 Å². The summed E-state index contributed by atoms with van der Waals surface area (Å²) >= 11 is 1.34. The van der Waals surface area contributed by atoms with Gasteiger partial charge < -0.3 is 14.8 Å². The summed E-state index contributed by atoms with van der Waals surface area (Å²) in [6, 6.07) is 11.6. The number of carbonyl (C=O) groups excluding carboxylic acids is 1. The Balaban J connectivity index is 1.97. The summed E-state index contributed by atoms with van der Waals surface area (Å²) in [6.45, 7) is 2.38. The van der Waals surface area contributed by atoms with Gasteiger partial charge in [-0.2, -0.15) is 0 Å². The van der Waals surface area contributed by atoms with Gasteiger partial charge in [-0.05, 0) is 42.8 Å². The van der Waals surface area contributed by atoms with Gasteiger partial charge in [0, 0.05) is 17.1 Å². The lowest BCUT2D eigenvalue weighted by atomic mass is 10.3. The van der Waals surface area contributed by atoms with Crippen LogP contribution in [0.3, 0.4) is 0 Å². The molecule has 0 fully saturated rings. The van der Waals surface area contributed by atoms with Crippen LogP contribution in [-0.4, -0.2) is 40.8 Å². The Morgan fingerprint density at radius 3 is 2.52 bits per heavy atom. The summed E-state index contributed by atoms with van der Waals surface area (Å²) in [6.07, 6.45) is 1.67. The van der Waals surface area contributed by atoms with Gasteiger partial charge in [-0.3, -0.25) is 4.79 Å². The zero-order valence-corrected chi connectivity index (χ0v) is 18.4. The molecule has 0 radical (unpaired) electrons. The standard InChI is InChI=1S/C20H26N2O5S2/c1-4-5-11-21-29(24,25)17-8-6-7-15(12-17)22-20(23)14-28-16-9-10-18(26-2)19(13-16)27-3/h6-10,12-13,21H,4-5,11,14H2,1-3H3,(H,22,23). The minimum absolute atomic E-state index is 0.124. The number of ether oxygens (including phenoxy) is 2. The SMILES string of the molecule is CCCCNS(=O)(=O)c1cccc(NC(=O)CSc2ccc(OC)c(OC)c2)c1. The molecule has 0 atom stereocenters. The number of rotatable bonds is 11. The second kappa shape index (κ2) is 11.1. The van der Waals surface area contributed by atoms with Crippen LogP contribution in [-0.2, 0) is 14.8 Å². The van der Waals surface area contributed by atoms with Crippen LogP contribution in [0.25, 0.3) is 0 Å². The number of sulfonamides is 1. The third kappa shape index (κ3) is 6.95. The molecule has 2 N–H and O–H groups in total. The number of thioether (sulfide) groups is 1. The first-order valence-electron chi connectivity index (χ1n) is 9.14. The lowest BCUT2D eigenvalue weighted by Gasteiger charge is -2.10. The van der Waals surface area contributed by atoms with E-state index in [0.717, 1.165) is 17.7 Å². The summed E-state index contributed by atoms with van der Waals surface area (Å²) in [5, 5.41) is 2.74. The Hall–Kier alpha value is -2.23. The zero-order valence-electron chi connectivity index (χ0n) is 16.7. The van der Waals surface area contributed by atoms with Gasteiger partial charge in [0.2, 0.25) is 15.9 Å². The van der Waals surface area contributed by atoms with E-state index in [1.807, 2.05) is 13.0 Å². The van der Waals surface area contributed by atoms with Crippen LogP contribution in [0.5, 0.6) is 11.5 Å². The van der Waals surface area contributed by atoms with E-state index in [2.05, 4.69) is 10.0 Å². The molecule has 0 aliphatic carbocycles. The third-order valence-electron chi connectivity index (χ3n) is 3.98. The van der Waals surface area contributed by atoms with E-state index in [-0.39, 0.29) is 16.6 Å². The van der Waals surface area contributed by atoms with E-state index in [9.17, 15) is 13.2 Å². The molecule has 29 heavy (non-hydrogen) atoms. The van der Waals surface area contributed by atoms with E-state index in [0.29, 0.717) is 23.7 Å². The summed E-state index contributed by atoms with van der Waals surface area (Å²) in [5.74, 6) is 1.14. The highest BCUT2D eigenvalue weighted by Gasteiger charge is 2.14. The predicted molar refractivity (Wildman–Crippen MR) is 115 cm³/mol. The van der Waals surface area contributed by atoms with E-state index < -0.39 is 10.0 Å². The highest BCUT2D eigenvalue weighted by molar-refractivity contribution is 8.00. The van der Waals surface area contributed by atoms with Crippen LogP contribution in [0.15, 0.2) is 52.3 Å². The maximum absolute atomic E-state index is 12.3. The van der Waals surface area contributed by atoms with E-state index >= 15 is 0 Å². The fourth-order valence-electron chi connectivity index (χ4n) is 2.46. The molecule has 0 bridgehead atoms. The van der Waals surface area contributed by atoms with Crippen molar-refractivity contribution in [3.05, 3.63) is 42.5 Å². The van der Waals surface area contributed by atoms with Gasteiger partial charge in [-0.25, -0.2) is 13.1 Å². The van der Waals surface area contributed by atoms with Crippen LogP contribution in [0.2, 0.25) is 0 Å². The van der Waals surface area contributed by atoms with Crippen LogP contribution in [0.1, 0.15) is 19.8 Å². The molecule has 9 heteroatoms. The van der Waals surface area contributed by atoms with Crippen LogP contribution >= 0.6 is 11.8 Å². The number of hydrogen-bond donors (Lipinski definition) is 2. The van der Waals surface area contributed by atoms with Crippen molar-refractivity contribution in [3.63, 3.8) is 0 Å². The lowest BCUT2D eigenvalue weighted by molar-refractivity contribution is -0.113. The van der Waals surface area contributed by atoms with Gasteiger partial charge >= 0.3 is 0 Å². The van der Waals surface area contributed by atoms with Gasteiger partial charge in [0.15, 0.2) is 11.5 Å². The number of methoxy groups -OCH3 is 2. The molecule has 0 aromatic heterocycles. The second-order valence-electron chi connectivity index (χ2n) is 6.13. The molecule has 1 amide bonds. The molecule has 2 aromatic rings. The summed E-state index contributed by atoms with van der Waals surface area (Å²) in [5.41, 5.74) is 0.432. The van der Waals surface area contributed by atoms with Gasteiger partial charge in [-0.1, -0.05) is 19.4 Å². The van der Waals surface area contributed by atoms with Crippen LogP contribution < -0.4 is 19.5 Å². The van der Waals surface area contributed by atoms with Gasteiger partial charge in [0.1, 0.15) is 0 Å². The van der Waals surface area contributed by atoms with E-state index in [1.54, 1.807) is 38.5 Å². The molecule has 2 rings (SSSR count). The van der Waals surface area contributed by atoms with Crippen molar-refractivity contribution in [1.29, 1.82) is 0 Å². The van der Waals surface area contributed by atoms with Gasteiger partial charge in [-0.15, -0.1) is 11.8 Å². The smallest absolute Gasteiger partial charge is 0.240 e. The highest BCUT2D eigenvalue weighted by Crippen LogP contribution is 2.31. The van der Waals surface area contributed by atoms with Crippen molar-refractivity contribution in [3.8, 4) is 11.5 Å². The van der Waals surface area contributed by atoms with Crippen molar-refractivity contribution in [1.82, 2.24) is 4.72 Å². The summed E-state index contributed by atoms with van der Waals surface area (Å²) in [4.78, 5) is 13.3. The van der Waals surface area contributed by atoms with Gasteiger partial charge in [0.05, 0.1) is 24.9 Å². The largest absolute Gasteiger partial charge is 0.493 e. The Morgan fingerprint density at radius 2 is 1.83 bits per heavy atom. The molecular weight excluding hydrogens is 412 g/mol. The molecule has 0 heterocycles. The zero-order chi connectivity index (χ0) is 21.3. The second-order valence-corrected chi connectivity index (χ2v) is 8.95. The number of amides is 1. The maximum Gasteiger partial charge on any atom is 0.240 e. The normalized spacial score (nSPS) is 11.1. The Kier molecular flexibility index (Phi) is 8.81. The maximum atomic E-state index is 12.3. The molecule has 0 saturated heterocycles. The molecule has 0 spiro atoms. The highest BCUT2D eigenvalue weighted by atomic mass is 32.2. The first kappa shape index (κ1) is 23.1. The van der Waals surface area contributed by atoms with Crippen molar-refractivity contribution in [2.75, 3.05) is 31.8 Å². The van der Waals surface area contributed by atoms with Crippen molar-refractivity contribution in [2.45, 2.75) is 29.6 Å². The number of benzene rings is 2. The Bertz CT molecular complexity index is 932. The summed E-state index contributed by atoms with van der Waals surface area (Å²) in [7, 11) is -0.479. The monoisotopic (exact) mass is 438 g/mol. The summed E-state index contributed by atoms with van der Waals surface area (Å²) < 4.78 is 37.6. The lowest BCUT2D eigenvalue weighted by Crippen LogP contribution is -2.25. The first-order chi connectivity index (χ1) is 13.9. The molecule has 0 unspecified atom stereocenters. The number of anilines is 1. The Labute approximate surface area is 176 Å². The fourth-order valence-corrected chi connectivity index (χ4v) is 4.30. The topological polar surface area (TPSA) is 93.7 Å². The number of unbranched alkanes of at least 4 members (excludes halogenated alkanes) is 1. The third-order valence-corrected chi connectivity index (χ3v) is 6.43. The first-order valence-corrected chi connectivity index (χ1v) is 11.6. The number of nitrogens with one attached hydrogen (secondary N) is 2. The van der Waals surface area contributed by atoms with Crippen molar-refractivity contribution < 1.29 is 22.7 Å². The number of hydrogen-bond acceptors (Lipinski definition) is 6. The minimum atomic E-state index is -3.59. The van der Waals surface area contributed by atoms with Crippen molar-refractivity contribution >= 4 is 33.4 Å². The van der Waals surface area contributed by atoms with Crippen molar-refractivity contribution in [2.24, 2.45) is 0 Å². The fraction of sp³-hybridized carbons (Fsp3) is 0.350. The Morgan fingerprint density at radius 1 is 1.07 bits per heavy atom. The quantitative estimate of drug-likeness (QED) is 0.412.